The van der Waals surface area contributed by atoms with Crippen molar-refractivity contribution in [3.05, 3.63) is 10.5 Å². The van der Waals surface area contributed by atoms with E-state index < -0.39 is 0 Å². The molecule has 0 fully saturated rings. The predicted molar refractivity (Wildman–Crippen MR) is 49.5 cm³/mol. The van der Waals surface area contributed by atoms with Gasteiger partial charge in [-0.15, -0.1) is 5.10 Å². The van der Waals surface area contributed by atoms with Crippen molar-refractivity contribution in [3.63, 3.8) is 0 Å². The molecule has 0 atom stereocenters. The van der Waals surface area contributed by atoms with Gasteiger partial charge in [0.05, 0.1) is 0 Å². The Morgan fingerprint density at radius 2 is 2.33 bits per heavy atom. The smallest absolute Gasteiger partial charge is 0.284 e. The van der Waals surface area contributed by atoms with Crippen LogP contribution in [0, 0.1) is 5.92 Å². The van der Waals surface area contributed by atoms with E-state index in [4.69, 9.17) is 0 Å². The highest BCUT2D eigenvalue weighted by Gasteiger charge is 2.04. The van der Waals surface area contributed by atoms with Crippen molar-refractivity contribution in [2.45, 2.75) is 25.5 Å². The van der Waals surface area contributed by atoms with Crippen LogP contribution < -0.4 is 5.69 Å². The third-order valence-electron chi connectivity index (χ3n) is 1.39. The van der Waals surface area contributed by atoms with Crippen LogP contribution in [-0.2, 0) is 6.54 Å². The van der Waals surface area contributed by atoms with E-state index in [9.17, 15) is 4.79 Å². The topological polar surface area (TPSA) is 50.7 Å². The Hall–Kier alpha value is -0.710. The Labute approximate surface area is 75.4 Å². The minimum Gasteiger partial charge on any atom is -0.284 e. The Morgan fingerprint density at radius 3 is 2.75 bits per heavy atom. The molecule has 1 N–H and O–H groups in total. The molecule has 12 heavy (non-hydrogen) atoms. The Kier molecular flexibility index (Phi) is 2.97. The second-order valence-corrected chi connectivity index (χ2v) is 3.81. The molecule has 0 saturated heterocycles. The number of hydrogen-bond donors (Lipinski definition) is 1. The van der Waals surface area contributed by atoms with Crippen LogP contribution in [0.5, 0.6) is 0 Å². The minimum absolute atomic E-state index is 0.118. The number of thioether (sulfide) groups is 1. The Morgan fingerprint density at radius 1 is 1.67 bits per heavy atom. The van der Waals surface area contributed by atoms with Gasteiger partial charge < -0.3 is 0 Å². The SMILES string of the molecule is CSc1nn(CC(C)C)c(=O)[nH]1. The normalized spacial score (nSPS) is 11.0. The summed E-state index contributed by atoms with van der Waals surface area (Å²) in [7, 11) is 0. The van der Waals surface area contributed by atoms with Gasteiger partial charge in [-0.3, -0.25) is 4.98 Å². The lowest BCUT2D eigenvalue weighted by Crippen LogP contribution is -2.20. The van der Waals surface area contributed by atoms with E-state index in [1.807, 2.05) is 6.26 Å². The summed E-state index contributed by atoms with van der Waals surface area (Å²) >= 11 is 1.44. The van der Waals surface area contributed by atoms with Gasteiger partial charge in [0.1, 0.15) is 0 Å². The standard InChI is InChI=1S/C7H13N3OS/c1-5(2)4-10-7(11)8-6(9-10)12-3/h5H,4H2,1-3H3,(H,8,9,11). The fourth-order valence-electron chi connectivity index (χ4n) is 0.898. The number of H-pyrrole nitrogens is 1. The summed E-state index contributed by atoms with van der Waals surface area (Å²) < 4.78 is 1.47. The van der Waals surface area contributed by atoms with Crippen LogP contribution in [0.25, 0.3) is 0 Å². The van der Waals surface area contributed by atoms with Crippen molar-refractivity contribution in [2.75, 3.05) is 6.26 Å². The fourth-order valence-corrected chi connectivity index (χ4v) is 1.27. The molecule has 68 valence electrons. The van der Waals surface area contributed by atoms with E-state index in [0.29, 0.717) is 17.6 Å². The van der Waals surface area contributed by atoms with Crippen molar-refractivity contribution in [3.8, 4) is 0 Å². The first-order valence-electron chi connectivity index (χ1n) is 3.84. The fraction of sp³-hybridized carbons (Fsp3) is 0.714. The zero-order chi connectivity index (χ0) is 9.14. The average Bonchev–Trinajstić information content (AvgIpc) is 2.31. The maximum Gasteiger partial charge on any atom is 0.343 e. The van der Waals surface area contributed by atoms with E-state index >= 15 is 0 Å². The number of hydrogen-bond acceptors (Lipinski definition) is 3. The molecule has 0 aromatic carbocycles. The molecular weight excluding hydrogens is 174 g/mol. The number of nitrogens with zero attached hydrogens (tertiary/aromatic N) is 2. The first kappa shape index (κ1) is 9.38. The van der Waals surface area contributed by atoms with Crippen LogP contribution >= 0.6 is 11.8 Å². The van der Waals surface area contributed by atoms with E-state index in [1.54, 1.807) is 0 Å². The summed E-state index contributed by atoms with van der Waals surface area (Å²) in [5.41, 5.74) is -0.118. The molecular formula is C7H13N3OS. The van der Waals surface area contributed by atoms with Gasteiger partial charge in [0.2, 0.25) is 0 Å². The largest absolute Gasteiger partial charge is 0.343 e. The van der Waals surface area contributed by atoms with E-state index in [2.05, 4.69) is 23.9 Å². The van der Waals surface area contributed by atoms with Gasteiger partial charge in [0.25, 0.3) is 0 Å². The lowest BCUT2D eigenvalue weighted by atomic mass is 10.2. The first-order chi connectivity index (χ1) is 5.63. The van der Waals surface area contributed by atoms with Crippen LogP contribution in [0.4, 0.5) is 0 Å². The second kappa shape index (κ2) is 3.80. The number of aromatic nitrogens is 3. The summed E-state index contributed by atoms with van der Waals surface area (Å²) in [4.78, 5) is 13.8. The van der Waals surface area contributed by atoms with Gasteiger partial charge >= 0.3 is 5.69 Å². The molecule has 0 bridgehead atoms. The maximum atomic E-state index is 11.2. The van der Waals surface area contributed by atoms with Crippen LogP contribution in [0.1, 0.15) is 13.8 Å². The summed E-state index contributed by atoms with van der Waals surface area (Å²) in [5.74, 6) is 0.445. The van der Waals surface area contributed by atoms with E-state index in [0.717, 1.165) is 0 Å². The summed E-state index contributed by atoms with van der Waals surface area (Å²) in [6, 6.07) is 0. The van der Waals surface area contributed by atoms with Crippen LogP contribution in [-0.4, -0.2) is 21.0 Å². The predicted octanol–water partition coefficient (Wildman–Crippen LogP) is 0.949. The summed E-state index contributed by atoms with van der Waals surface area (Å²) in [6.45, 7) is 4.79. The molecule has 0 saturated carbocycles. The zero-order valence-electron chi connectivity index (χ0n) is 7.50. The molecule has 0 spiro atoms. The highest BCUT2D eigenvalue weighted by Crippen LogP contribution is 2.04. The highest BCUT2D eigenvalue weighted by atomic mass is 32.2. The van der Waals surface area contributed by atoms with Gasteiger partial charge in [-0.05, 0) is 12.2 Å². The zero-order valence-corrected chi connectivity index (χ0v) is 8.31. The maximum absolute atomic E-state index is 11.2. The summed E-state index contributed by atoms with van der Waals surface area (Å²) in [5, 5.41) is 4.76. The van der Waals surface area contributed by atoms with E-state index in [1.165, 1.54) is 16.4 Å². The molecule has 1 aromatic rings. The van der Waals surface area contributed by atoms with Gasteiger partial charge in [-0.25, -0.2) is 9.48 Å². The molecule has 1 heterocycles. The lowest BCUT2D eigenvalue weighted by molar-refractivity contribution is 0.466. The third-order valence-corrected chi connectivity index (χ3v) is 1.96. The van der Waals surface area contributed by atoms with Gasteiger partial charge in [0.15, 0.2) is 5.16 Å². The van der Waals surface area contributed by atoms with Crippen LogP contribution in [0.2, 0.25) is 0 Å². The van der Waals surface area contributed by atoms with Crippen molar-refractivity contribution in [2.24, 2.45) is 5.92 Å². The van der Waals surface area contributed by atoms with Crippen LogP contribution in [0.3, 0.4) is 0 Å². The number of rotatable bonds is 3. The molecule has 0 aliphatic carbocycles. The first-order valence-corrected chi connectivity index (χ1v) is 5.07. The molecule has 1 aromatic heterocycles. The molecule has 4 nitrogen and oxygen atoms in total. The van der Waals surface area contributed by atoms with Gasteiger partial charge in [0, 0.05) is 6.54 Å². The van der Waals surface area contributed by atoms with Gasteiger partial charge in [-0.2, -0.15) is 0 Å². The minimum atomic E-state index is -0.118. The van der Waals surface area contributed by atoms with Gasteiger partial charge in [-0.1, -0.05) is 25.6 Å². The van der Waals surface area contributed by atoms with Crippen molar-refractivity contribution < 1.29 is 0 Å². The Bertz CT molecular complexity index is 302. The van der Waals surface area contributed by atoms with Crippen molar-refractivity contribution >= 4 is 11.8 Å². The quantitative estimate of drug-likeness (QED) is 0.717. The third kappa shape index (κ3) is 2.14. The molecule has 0 unspecified atom stereocenters. The molecule has 0 aliphatic rings. The van der Waals surface area contributed by atoms with E-state index in [-0.39, 0.29) is 5.69 Å². The Balaban J connectivity index is 2.85. The molecule has 5 heteroatoms. The highest BCUT2D eigenvalue weighted by molar-refractivity contribution is 7.98. The molecule has 0 aliphatic heterocycles. The number of aromatic amines is 1. The molecule has 0 amide bonds. The molecule has 0 radical (unpaired) electrons. The van der Waals surface area contributed by atoms with Crippen LogP contribution in [0.15, 0.2) is 9.95 Å². The van der Waals surface area contributed by atoms with Crippen molar-refractivity contribution in [1.29, 1.82) is 0 Å². The number of nitrogens with one attached hydrogen (secondary N) is 1. The lowest BCUT2D eigenvalue weighted by Gasteiger charge is -2.01. The summed E-state index contributed by atoms with van der Waals surface area (Å²) in [6.07, 6.45) is 1.89. The van der Waals surface area contributed by atoms with Crippen molar-refractivity contribution in [1.82, 2.24) is 14.8 Å². The molecule has 1 rings (SSSR count). The second-order valence-electron chi connectivity index (χ2n) is 3.02. The average molecular weight is 187 g/mol. The monoisotopic (exact) mass is 187 g/mol.